The van der Waals surface area contributed by atoms with Crippen LogP contribution in [-0.2, 0) is 0 Å². The fourth-order valence-electron chi connectivity index (χ4n) is 1.93. The number of hydrogen-bond acceptors (Lipinski definition) is 3. The number of anilines is 1. The van der Waals surface area contributed by atoms with Gasteiger partial charge >= 0.3 is 0 Å². The maximum absolute atomic E-state index is 13.8. The number of nitrogens with one attached hydrogen (secondary N) is 2. The third-order valence-electron chi connectivity index (χ3n) is 3.05. The Morgan fingerprint density at radius 1 is 1.33 bits per heavy atom. The molecule has 0 saturated carbocycles. The molecule has 1 aromatic carbocycles. The lowest BCUT2D eigenvalue weighted by Gasteiger charge is -2.14. The number of thiophene rings is 1. The molecule has 0 fully saturated rings. The molecule has 0 aliphatic rings. The van der Waals surface area contributed by atoms with E-state index < -0.39 is 17.5 Å². The van der Waals surface area contributed by atoms with Crippen LogP contribution in [0.15, 0.2) is 29.0 Å². The van der Waals surface area contributed by atoms with E-state index in [1.54, 1.807) is 6.92 Å². The van der Waals surface area contributed by atoms with E-state index in [4.69, 9.17) is 0 Å². The predicted molar refractivity (Wildman–Crippen MR) is 80.7 cm³/mol. The van der Waals surface area contributed by atoms with E-state index in [-0.39, 0.29) is 17.3 Å². The third-order valence-corrected chi connectivity index (χ3v) is 3.75. The monoisotopic (exact) mass is 310 g/mol. The molecule has 6 heteroatoms. The number of hydrogen-bond donors (Lipinski definition) is 2. The molecule has 21 heavy (non-hydrogen) atoms. The topological polar surface area (TPSA) is 41.1 Å². The molecule has 0 saturated heterocycles. The first-order chi connectivity index (χ1) is 10.0. The van der Waals surface area contributed by atoms with Crippen molar-refractivity contribution in [2.24, 2.45) is 0 Å². The highest BCUT2D eigenvalue weighted by Gasteiger charge is 2.17. The molecule has 0 spiro atoms. The maximum atomic E-state index is 13.8. The average molecular weight is 310 g/mol. The lowest BCUT2D eigenvalue weighted by atomic mass is 10.1. The summed E-state index contributed by atoms with van der Waals surface area (Å²) in [5.74, 6) is -2.05. The molecule has 1 aromatic heterocycles. The first kappa shape index (κ1) is 15.4. The molecule has 0 aliphatic carbocycles. The molecule has 1 unspecified atom stereocenters. The largest absolute Gasteiger partial charge is 0.381 e. The number of carbonyl (C=O) groups is 1. The second kappa shape index (κ2) is 6.67. The van der Waals surface area contributed by atoms with Crippen LogP contribution >= 0.6 is 11.3 Å². The van der Waals surface area contributed by atoms with Crippen LogP contribution in [0, 0.1) is 11.6 Å². The van der Waals surface area contributed by atoms with Gasteiger partial charge in [-0.1, -0.05) is 0 Å². The van der Waals surface area contributed by atoms with Crippen LogP contribution < -0.4 is 10.6 Å². The molecule has 1 atom stereocenters. The fourth-order valence-corrected chi connectivity index (χ4v) is 2.69. The minimum atomic E-state index is -0.773. The average Bonchev–Trinajstić information content (AvgIpc) is 2.96. The number of rotatable bonds is 5. The Bertz CT molecular complexity index is 606. The summed E-state index contributed by atoms with van der Waals surface area (Å²) in [6, 6.07) is 3.75. The summed E-state index contributed by atoms with van der Waals surface area (Å²) in [6.45, 7) is 3.95. The van der Waals surface area contributed by atoms with Gasteiger partial charge in [-0.15, -0.1) is 0 Å². The molecule has 2 rings (SSSR count). The zero-order valence-corrected chi connectivity index (χ0v) is 12.6. The van der Waals surface area contributed by atoms with E-state index in [0.29, 0.717) is 6.54 Å². The maximum Gasteiger partial charge on any atom is 0.251 e. The van der Waals surface area contributed by atoms with Crippen LogP contribution in [0.3, 0.4) is 0 Å². The Hall–Kier alpha value is -1.95. The van der Waals surface area contributed by atoms with Crippen molar-refractivity contribution >= 4 is 22.9 Å². The Morgan fingerprint density at radius 3 is 2.52 bits per heavy atom. The van der Waals surface area contributed by atoms with Gasteiger partial charge in [-0.2, -0.15) is 11.3 Å². The molecule has 0 bridgehead atoms. The van der Waals surface area contributed by atoms with Gasteiger partial charge in [0.1, 0.15) is 17.3 Å². The molecule has 2 N–H and O–H groups in total. The van der Waals surface area contributed by atoms with Crippen molar-refractivity contribution in [1.29, 1.82) is 0 Å². The number of carbonyl (C=O) groups excluding carboxylic acids is 1. The Balaban J connectivity index is 2.16. The summed E-state index contributed by atoms with van der Waals surface area (Å²) in [5, 5.41) is 9.13. The van der Waals surface area contributed by atoms with E-state index >= 15 is 0 Å². The van der Waals surface area contributed by atoms with Gasteiger partial charge in [0, 0.05) is 12.1 Å². The van der Waals surface area contributed by atoms with Crippen LogP contribution in [-0.4, -0.2) is 12.5 Å². The van der Waals surface area contributed by atoms with E-state index in [9.17, 15) is 13.6 Å². The van der Waals surface area contributed by atoms with Gasteiger partial charge in [0.15, 0.2) is 0 Å². The minimum absolute atomic E-state index is 0.0336. The van der Waals surface area contributed by atoms with Crippen molar-refractivity contribution < 1.29 is 13.6 Å². The van der Waals surface area contributed by atoms with E-state index in [1.165, 1.54) is 11.3 Å². The van der Waals surface area contributed by atoms with E-state index in [0.717, 1.165) is 17.7 Å². The predicted octanol–water partition coefficient (Wildman–Crippen LogP) is 3.95. The van der Waals surface area contributed by atoms with Crippen LogP contribution in [0.1, 0.15) is 35.8 Å². The summed E-state index contributed by atoms with van der Waals surface area (Å²) in [5.41, 5.74) is 0.715. The molecular weight excluding hydrogens is 294 g/mol. The van der Waals surface area contributed by atoms with Crippen molar-refractivity contribution in [3.63, 3.8) is 0 Å². The lowest BCUT2D eigenvalue weighted by molar-refractivity contribution is 0.0939. The molecule has 112 valence electrons. The number of benzene rings is 1. The second-order valence-electron chi connectivity index (χ2n) is 4.60. The van der Waals surface area contributed by atoms with Crippen molar-refractivity contribution in [3.05, 3.63) is 51.7 Å². The summed E-state index contributed by atoms with van der Waals surface area (Å²) in [7, 11) is 0. The molecule has 0 aliphatic heterocycles. The molecule has 2 aromatic rings. The number of halogens is 2. The van der Waals surface area contributed by atoms with Crippen LogP contribution in [0.5, 0.6) is 0 Å². The summed E-state index contributed by atoms with van der Waals surface area (Å²) in [6.07, 6.45) is 0. The molecular formula is C15H16F2N2OS. The number of amides is 1. The SMILES string of the molecule is CCNc1c(F)cc(C(=O)NC(C)c2ccsc2)cc1F. The van der Waals surface area contributed by atoms with Crippen LogP contribution in [0.4, 0.5) is 14.5 Å². The highest BCUT2D eigenvalue weighted by Crippen LogP contribution is 2.22. The van der Waals surface area contributed by atoms with Gasteiger partial charge in [0.05, 0.1) is 6.04 Å². The van der Waals surface area contributed by atoms with Crippen LogP contribution in [0.25, 0.3) is 0 Å². The second-order valence-corrected chi connectivity index (χ2v) is 5.38. The van der Waals surface area contributed by atoms with Crippen molar-refractivity contribution in [1.82, 2.24) is 5.32 Å². The van der Waals surface area contributed by atoms with Gasteiger partial charge in [-0.05, 0) is 48.4 Å². The fraction of sp³-hybridized carbons (Fsp3) is 0.267. The Kier molecular flexibility index (Phi) is 4.90. The van der Waals surface area contributed by atoms with Gasteiger partial charge in [0.2, 0.25) is 0 Å². The van der Waals surface area contributed by atoms with E-state index in [1.807, 2.05) is 23.8 Å². The summed E-state index contributed by atoms with van der Waals surface area (Å²) < 4.78 is 27.6. The lowest BCUT2D eigenvalue weighted by Crippen LogP contribution is -2.26. The van der Waals surface area contributed by atoms with E-state index in [2.05, 4.69) is 10.6 Å². The van der Waals surface area contributed by atoms with Crippen molar-refractivity contribution in [2.45, 2.75) is 19.9 Å². The highest BCUT2D eigenvalue weighted by molar-refractivity contribution is 7.07. The smallest absolute Gasteiger partial charge is 0.251 e. The zero-order chi connectivity index (χ0) is 15.4. The van der Waals surface area contributed by atoms with Gasteiger partial charge in [-0.25, -0.2) is 8.78 Å². The first-order valence-electron chi connectivity index (χ1n) is 6.58. The van der Waals surface area contributed by atoms with Crippen LogP contribution in [0.2, 0.25) is 0 Å². The molecule has 0 radical (unpaired) electrons. The van der Waals surface area contributed by atoms with Gasteiger partial charge < -0.3 is 10.6 Å². The molecule has 3 nitrogen and oxygen atoms in total. The first-order valence-corrected chi connectivity index (χ1v) is 7.53. The Labute approximate surface area is 126 Å². The quantitative estimate of drug-likeness (QED) is 0.878. The zero-order valence-electron chi connectivity index (χ0n) is 11.7. The Morgan fingerprint density at radius 2 is 2.00 bits per heavy atom. The molecule has 1 amide bonds. The normalized spacial score (nSPS) is 12.0. The minimum Gasteiger partial charge on any atom is -0.381 e. The van der Waals surface area contributed by atoms with Gasteiger partial charge in [-0.3, -0.25) is 4.79 Å². The third kappa shape index (κ3) is 3.58. The van der Waals surface area contributed by atoms with Crippen molar-refractivity contribution in [3.8, 4) is 0 Å². The van der Waals surface area contributed by atoms with Crippen molar-refractivity contribution in [2.75, 3.05) is 11.9 Å². The standard InChI is InChI=1S/C15H16F2N2OS/c1-3-18-14-12(16)6-11(7-13(14)17)15(20)19-9(2)10-4-5-21-8-10/h4-9,18H,3H2,1-2H3,(H,19,20). The molecule has 1 heterocycles. The summed E-state index contributed by atoms with van der Waals surface area (Å²) >= 11 is 1.52. The summed E-state index contributed by atoms with van der Waals surface area (Å²) in [4.78, 5) is 12.1. The highest BCUT2D eigenvalue weighted by atomic mass is 32.1. The van der Waals surface area contributed by atoms with Gasteiger partial charge in [0.25, 0.3) is 5.91 Å².